The van der Waals surface area contributed by atoms with Crippen molar-refractivity contribution in [3.8, 4) is 11.5 Å². The number of fused-ring (bicyclic) bond motifs is 2. The highest BCUT2D eigenvalue weighted by atomic mass is 16.7. The van der Waals surface area contributed by atoms with E-state index in [4.69, 9.17) is 14.3 Å². The zero-order chi connectivity index (χ0) is 24.8. The fraction of sp³-hybridized carbons (Fsp3) is 0.172. The van der Waals surface area contributed by atoms with Crippen LogP contribution in [0.1, 0.15) is 11.6 Å². The summed E-state index contributed by atoms with van der Waals surface area (Å²) in [5.41, 5.74) is 2.15. The third-order valence-corrected chi connectivity index (χ3v) is 6.91. The molecule has 0 saturated carbocycles. The highest BCUT2D eigenvalue weighted by molar-refractivity contribution is 6.26. The molecule has 2 saturated heterocycles. The number of ether oxygens (including phenoxy) is 2. The number of carbonyl (C=O) groups is 2. The van der Waals surface area contributed by atoms with Crippen LogP contribution in [-0.2, 0) is 14.4 Å². The van der Waals surface area contributed by atoms with Gasteiger partial charge < -0.3 is 9.47 Å². The summed E-state index contributed by atoms with van der Waals surface area (Å²) in [6.07, 6.45) is -0.939. The van der Waals surface area contributed by atoms with E-state index in [0.717, 1.165) is 22.0 Å². The average Bonchev–Trinajstić information content (AvgIpc) is 3.44. The zero-order valence-electron chi connectivity index (χ0n) is 19.8. The molecule has 2 aliphatic rings. The molecule has 7 nitrogen and oxygen atoms in total. The molecule has 4 aromatic carbocycles. The van der Waals surface area contributed by atoms with E-state index in [1.54, 1.807) is 19.3 Å². The second-order valence-corrected chi connectivity index (χ2v) is 8.80. The van der Waals surface area contributed by atoms with Gasteiger partial charge >= 0.3 is 0 Å². The number of rotatable bonds is 5. The second kappa shape index (κ2) is 8.70. The molecule has 2 fully saturated rings. The van der Waals surface area contributed by atoms with Gasteiger partial charge in [0.05, 0.1) is 31.6 Å². The van der Waals surface area contributed by atoms with Gasteiger partial charge in [-0.15, -0.1) is 0 Å². The van der Waals surface area contributed by atoms with Crippen LogP contribution in [0.2, 0.25) is 0 Å². The molecule has 4 aromatic rings. The largest absolute Gasteiger partial charge is 0.497 e. The Morgan fingerprint density at radius 3 is 2.06 bits per heavy atom. The Bertz CT molecular complexity index is 1450. The van der Waals surface area contributed by atoms with Crippen molar-refractivity contribution in [3.63, 3.8) is 0 Å². The lowest BCUT2D eigenvalue weighted by atomic mass is 9.90. The summed E-state index contributed by atoms with van der Waals surface area (Å²) >= 11 is 0. The number of imide groups is 1. The van der Waals surface area contributed by atoms with E-state index in [2.05, 4.69) is 0 Å². The highest BCUT2D eigenvalue weighted by Crippen LogP contribution is 2.48. The number of methoxy groups -OCH3 is 2. The van der Waals surface area contributed by atoms with Gasteiger partial charge in [-0.2, -0.15) is 0 Å². The average molecular weight is 481 g/mol. The van der Waals surface area contributed by atoms with E-state index < -0.39 is 18.1 Å². The summed E-state index contributed by atoms with van der Waals surface area (Å²) in [6, 6.07) is 27.7. The van der Waals surface area contributed by atoms with Gasteiger partial charge in [0.1, 0.15) is 17.4 Å². The quantitative estimate of drug-likeness (QED) is 0.378. The van der Waals surface area contributed by atoms with Crippen molar-refractivity contribution in [1.29, 1.82) is 0 Å². The molecule has 2 heterocycles. The Kier molecular flexibility index (Phi) is 5.34. The van der Waals surface area contributed by atoms with Crippen molar-refractivity contribution in [3.05, 3.63) is 96.6 Å². The monoisotopic (exact) mass is 480 g/mol. The summed E-state index contributed by atoms with van der Waals surface area (Å²) < 4.78 is 10.6. The number of carbonyl (C=O) groups excluding carboxylic acids is 2. The Morgan fingerprint density at radius 2 is 1.36 bits per heavy atom. The van der Waals surface area contributed by atoms with Gasteiger partial charge in [0.25, 0.3) is 5.91 Å². The Morgan fingerprint density at radius 1 is 0.722 bits per heavy atom. The standard InChI is InChI=1S/C29H24N2O5/c1-34-21-14-10-19(11-15-21)26-25-27(36-31(26)20-12-16-22(35-2)17-13-20)29(33)30(28(25)32)24-9-5-7-18-6-3-4-8-23(18)24/h3-17,25-27H,1-2H3/t25-,26+,27-/m1/s1. The Hall–Kier alpha value is -4.36. The van der Waals surface area contributed by atoms with Crippen molar-refractivity contribution in [2.75, 3.05) is 24.2 Å². The van der Waals surface area contributed by atoms with Crippen molar-refractivity contribution in [2.45, 2.75) is 12.1 Å². The molecule has 0 unspecified atom stereocenters. The first-order valence-electron chi connectivity index (χ1n) is 11.7. The zero-order valence-corrected chi connectivity index (χ0v) is 19.8. The van der Waals surface area contributed by atoms with Crippen LogP contribution in [0.15, 0.2) is 91.0 Å². The van der Waals surface area contributed by atoms with Crippen LogP contribution in [0.5, 0.6) is 11.5 Å². The molecule has 0 spiro atoms. The Balaban J connectivity index is 1.44. The predicted octanol–water partition coefficient (Wildman–Crippen LogP) is 4.91. The summed E-state index contributed by atoms with van der Waals surface area (Å²) in [5, 5.41) is 3.47. The molecular formula is C29H24N2O5. The second-order valence-electron chi connectivity index (χ2n) is 8.80. The van der Waals surface area contributed by atoms with Crippen molar-refractivity contribution in [2.24, 2.45) is 5.92 Å². The minimum Gasteiger partial charge on any atom is -0.497 e. The lowest BCUT2D eigenvalue weighted by molar-refractivity contribution is -0.126. The molecule has 2 amide bonds. The first kappa shape index (κ1) is 22.1. The third kappa shape index (κ3) is 3.39. The fourth-order valence-electron chi connectivity index (χ4n) is 5.15. The molecule has 180 valence electrons. The molecule has 6 rings (SSSR count). The lowest BCUT2D eigenvalue weighted by Gasteiger charge is -2.29. The van der Waals surface area contributed by atoms with Gasteiger partial charge in [0.15, 0.2) is 6.10 Å². The van der Waals surface area contributed by atoms with Crippen LogP contribution in [0, 0.1) is 5.92 Å². The van der Waals surface area contributed by atoms with Gasteiger partial charge in [-0.05, 0) is 53.4 Å². The molecule has 0 N–H and O–H groups in total. The number of benzene rings is 4. The number of anilines is 2. The fourth-order valence-corrected chi connectivity index (χ4v) is 5.15. The number of nitrogens with zero attached hydrogens (tertiary/aromatic N) is 2. The number of hydrogen-bond acceptors (Lipinski definition) is 6. The van der Waals surface area contributed by atoms with Crippen LogP contribution in [0.25, 0.3) is 10.8 Å². The maximum atomic E-state index is 14.0. The maximum absolute atomic E-state index is 14.0. The smallest absolute Gasteiger partial charge is 0.266 e. The third-order valence-electron chi connectivity index (χ3n) is 6.91. The van der Waals surface area contributed by atoms with E-state index in [1.807, 2.05) is 91.0 Å². The molecular weight excluding hydrogens is 456 g/mol. The summed E-state index contributed by atoms with van der Waals surface area (Å²) in [5.74, 6) is 0.0471. The molecule has 0 aromatic heterocycles. The highest BCUT2D eigenvalue weighted by Gasteiger charge is 2.60. The molecule has 0 radical (unpaired) electrons. The first-order chi connectivity index (χ1) is 17.6. The van der Waals surface area contributed by atoms with E-state index >= 15 is 0 Å². The maximum Gasteiger partial charge on any atom is 0.266 e. The normalized spacial score (nSPS) is 21.2. The summed E-state index contributed by atoms with van der Waals surface area (Å²) in [7, 11) is 3.21. The molecule has 3 atom stereocenters. The van der Waals surface area contributed by atoms with E-state index in [0.29, 0.717) is 17.2 Å². The van der Waals surface area contributed by atoms with Gasteiger partial charge in [0, 0.05) is 5.39 Å². The number of amides is 2. The summed E-state index contributed by atoms with van der Waals surface area (Å²) in [6.45, 7) is 0. The van der Waals surface area contributed by atoms with Gasteiger partial charge in [-0.25, -0.2) is 9.96 Å². The van der Waals surface area contributed by atoms with Crippen LogP contribution < -0.4 is 19.4 Å². The molecule has 0 aliphatic carbocycles. The van der Waals surface area contributed by atoms with E-state index in [-0.39, 0.29) is 11.8 Å². The SMILES string of the molecule is COc1ccc([C@H]2[C@H]3C(=O)N(c4cccc5ccccc45)C(=O)[C@@H]3ON2c2ccc(OC)cc2)cc1. The van der Waals surface area contributed by atoms with Crippen molar-refractivity contribution >= 4 is 34.0 Å². The van der Waals surface area contributed by atoms with Crippen LogP contribution in [0.3, 0.4) is 0 Å². The Labute approximate surface area is 208 Å². The van der Waals surface area contributed by atoms with Crippen molar-refractivity contribution < 1.29 is 23.9 Å². The van der Waals surface area contributed by atoms with Gasteiger partial charge in [0.2, 0.25) is 5.91 Å². The molecule has 36 heavy (non-hydrogen) atoms. The predicted molar refractivity (Wildman–Crippen MR) is 136 cm³/mol. The number of hydroxylamine groups is 1. The van der Waals surface area contributed by atoms with Crippen LogP contribution in [0.4, 0.5) is 11.4 Å². The minimum atomic E-state index is -0.939. The molecule has 7 heteroatoms. The van der Waals surface area contributed by atoms with Gasteiger partial charge in [-0.1, -0.05) is 48.5 Å². The topological polar surface area (TPSA) is 68.3 Å². The molecule has 2 aliphatic heterocycles. The van der Waals surface area contributed by atoms with E-state index in [1.165, 1.54) is 4.90 Å². The molecule has 0 bridgehead atoms. The van der Waals surface area contributed by atoms with Crippen LogP contribution in [-0.4, -0.2) is 32.1 Å². The summed E-state index contributed by atoms with van der Waals surface area (Å²) in [4.78, 5) is 35.2. The van der Waals surface area contributed by atoms with Crippen LogP contribution >= 0.6 is 0 Å². The van der Waals surface area contributed by atoms with Crippen molar-refractivity contribution in [1.82, 2.24) is 0 Å². The number of hydrogen-bond donors (Lipinski definition) is 0. The first-order valence-corrected chi connectivity index (χ1v) is 11.7. The van der Waals surface area contributed by atoms with E-state index in [9.17, 15) is 9.59 Å². The minimum absolute atomic E-state index is 0.279. The van der Waals surface area contributed by atoms with Gasteiger partial charge in [-0.3, -0.25) is 14.4 Å². The lowest BCUT2D eigenvalue weighted by Crippen LogP contribution is -2.37.